The van der Waals surface area contributed by atoms with Crippen molar-refractivity contribution in [3.8, 4) is 0 Å². The van der Waals surface area contributed by atoms with Crippen LogP contribution in [0.2, 0.25) is 0 Å². The quantitative estimate of drug-likeness (QED) is 0.635. The first-order valence-corrected chi connectivity index (χ1v) is 5.81. The molecule has 1 heterocycles. The van der Waals surface area contributed by atoms with Gasteiger partial charge in [-0.15, -0.1) is 0 Å². The maximum Gasteiger partial charge on any atom is 0.270 e. The first-order chi connectivity index (χ1) is 9.11. The summed E-state index contributed by atoms with van der Waals surface area (Å²) >= 11 is 0.911. The van der Waals surface area contributed by atoms with E-state index in [0.717, 1.165) is 11.5 Å². The molecule has 0 aliphatic heterocycles. The highest BCUT2D eigenvalue weighted by molar-refractivity contribution is 7.09. The van der Waals surface area contributed by atoms with Crippen molar-refractivity contribution in [2.24, 2.45) is 0 Å². The van der Waals surface area contributed by atoms with E-state index in [9.17, 15) is 14.9 Å². The van der Waals surface area contributed by atoms with Gasteiger partial charge in [0.1, 0.15) is 0 Å². The summed E-state index contributed by atoms with van der Waals surface area (Å²) in [5.41, 5.74) is 0.451. The lowest BCUT2D eigenvalue weighted by atomic mass is 10.1. The Morgan fingerprint density at radius 3 is 2.84 bits per heavy atom. The summed E-state index contributed by atoms with van der Waals surface area (Å²) in [5, 5.41) is 23.1. The van der Waals surface area contributed by atoms with Crippen LogP contribution in [0.3, 0.4) is 0 Å². The summed E-state index contributed by atoms with van der Waals surface area (Å²) in [7, 11) is 1.62. The molecule has 0 saturated heterocycles. The summed E-state index contributed by atoms with van der Waals surface area (Å²) in [6.07, 6.45) is 0. The minimum absolute atomic E-state index is 0.145. The maximum atomic E-state index is 12.0. The molecule has 2 N–H and O–H groups in total. The van der Waals surface area contributed by atoms with Crippen LogP contribution in [0.1, 0.15) is 10.4 Å². The minimum Gasteiger partial charge on any atom is -0.387 e. The lowest BCUT2D eigenvalue weighted by molar-refractivity contribution is -0.384. The number of amides is 1. The fraction of sp³-hybridized carbons (Fsp3) is 0.111. The van der Waals surface area contributed by atoms with Crippen molar-refractivity contribution in [3.05, 3.63) is 33.9 Å². The molecule has 0 saturated carbocycles. The van der Waals surface area contributed by atoms with Gasteiger partial charge in [-0.3, -0.25) is 20.2 Å². The standard InChI is InChI=1S/C9H8N6O3S/c1-10-7-3-2-5(15(17)18)4-6(7)8(16)11-9-12-13-14-19-9/h2-4,10H,1H3,(H,11,12,14,16). The van der Waals surface area contributed by atoms with E-state index in [0.29, 0.717) is 5.69 Å². The molecule has 10 heteroatoms. The highest BCUT2D eigenvalue weighted by Crippen LogP contribution is 2.23. The van der Waals surface area contributed by atoms with Crippen LogP contribution in [0, 0.1) is 10.1 Å². The van der Waals surface area contributed by atoms with Gasteiger partial charge in [-0.2, -0.15) is 0 Å². The van der Waals surface area contributed by atoms with Crippen molar-refractivity contribution >= 4 is 33.9 Å². The number of aromatic nitrogens is 3. The smallest absolute Gasteiger partial charge is 0.270 e. The normalized spacial score (nSPS) is 9.95. The molecule has 0 radical (unpaired) electrons. The summed E-state index contributed by atoms with van der Waals surface area (Å²) < 4.78 is 3.50. The first kappa shape index (κ1) is 12.8. The molecule has 1 aromatic heterocycles. The number of non-ortho nitro benzene ring substituents is 1. The zero-order chi connectivity index (χ0) is 13.8. The third-order valence-corrected chi connectivity index (χ3v) is 2.76. The number of nitrogens with one attached hydrogen (secondary N) is 2. The summed E-state index contributed by atoms with van der Waals surface area (Å²) in [6, 6.07) is 3.97. The van der Waals surface area contributed by atoms with E-state index >= 15 is 0 Å². The van der Waals surface area contributed by atoms with Gasteiger partial charge in [0.05, 0.1) is 10.5 Å². The van der Waals surface area contributed by atoms with Crippen molar-refractivity contribution in [1.82, 2.24) is 14.8 Å². The van der Waals surface area contributed by atoms with E-state index in [4.69, 9.17) is 0 Å². The second-order valence-electron chi connectivity index (χ2n) is 3.36. The predicted octanol–water partition coefficient (Wildman–Crippen LogP) is 1.14. The van der Waals surface area contributed by atoms with Gasteiger partial charge in [0.15, 0.2) is 0 Å². The van der Waals surface area contributed by atoms with Crippen molar-refractivity contribution in [2.45, 2.75) is 0 Å². The Balaban J connectivity index is 2.33. The number of anilines is 2. The van der Waals surface area contributed by atoms with Crippen LogP contribution in [0.25, 0.3) is 0 Å². The van der Waals surface area contributed by atoms with Gasteiger partial charge >= 0.3 is 0 Å². The number of hydrogen-bond donors (Lipinski definition) is 2. The Labute approximate surface area is 111 Å². The Morgan fingerprint density at radius 2 is 2.26 bits per heavy atom. The molecule has 0 atom stereocenters. The van der Waals surface area contributed by atoms with Gasteiger partial charge in [0.25, 0.3) is 11.6 Å². The van der Waals surface area contributed by atoms with Gasteiger partial charge in [0.2, 0.25) is 5.13 Å². The average molecular weight is 280 g/mol. The topological polar surface area (TPSA) is 123 Å². The van der Waals surface area contributed by atoms with Crippen molar-refractivity contribution < 1.29 is 9.72 Å². The first-order valence-electron chi connectivity index (χ1n) is 5.04. The number of carbonyl (C=O) groups excluding carboxylic acids is 1. The number of nitro benzene ring substituents is 1. The van der Waals surface area contributed by atoms with Crippen LogP contribution < -0.4 is 10.6 Å². The molecule has 0 spiro atoms. The summed E-state index contributed by atoms with van der Waals surface area (Å²) in [4.78, 5) is 22.2. The third kappa shape index (κ3) is 2.80. The zero-order valence-electron chi connectivity index (χ0n) is 9.65. The number of nitrogens with zero attached hydrogens (tertiary/aromatic N) is 4. The summed E-state index contributed by atoms with van der Waals surface area (Å²) in [6.45, 7) is 0. The van der Waals surface area contributed by atoms with Gasteiger partial charge in [-0.05, 0) is 11.3 Å². The predicted molar refractivity (Wildman–Crippen MR) is 68.3 cm³/mol. The zero-order valence-corrected chi connectivity index (χ0v) is 10.5. The van der Waals surface area contributed by atoms with Gasteiger partial charge in [0, 0.05) is 36.4 Å². The monoisotopic (exact) mass is 280 g/mol. The molecule has 0 unspecified atom stereocenters. The largest absolute Gasteiger partial charge is 0.387 e. The molecule has 1 aromatic carbocycles. The van der Waals surface area contributed by atoms with Gasteiger partial charge in [-0.1, -0.05) is 9.59 Å². The van der Waals surface area contributed by atoms with E-state index in [1.54, 1.807) is 7.05 Å². The highest BCUT2D eigenvalue weighted by Gasteiger charge is 2.17. The fourth-order valence-electron chi connectivity index (χ4n) is 1.40. The van der Waals surface area contributed by atoms with E-state index in [1.165, 1.54) is 18.2 Å². The number of rotatable bonds is 4. The Kier molecular flexibility index (Phi) is 3.61. The highest BCUT2D eigenvalue weighted by atomic mass is 32.1. The number of nitro groups is 1. The molecular weight excluding hydrogens is 272 g/mol. The average Bonchev–Trinajstić information content (AvgIpc) is 2.90. The van der Waals surface area contributed by atoms with Crippen molar-refractivity contribution in [1.29, 1.82) is 0 Å². The second-order valence-corrected chi connectivity index (χ2v) is 4.09. The van der Waals surface area contributed by atoms with Crippen LogP contribution in [-0.2, 0) is 0 Å². The molecule has 0 aliphatic rings. The Hall–Kier alpha value is -2.62. The van der Waals surface area contributed by atoms with E-state index < -0.39 is 10.8 Å². The van der Waals surface area contributed by atoms with Crippen LogP contribution in [0.5, 0.6) is 0 Å². The van der Waals surface area contributed by atoms with E-state index in [2.05, 4.69) is 25.4 Å². The van der Waals surface area contributed by atoms with Crippen molar-refractivity contribution in [2.75, 3.05) is 17.7 Å². The van der Waals surface area contributed by atoms with Crippen LogP contribution in [-0.4, -0.2) is 32.7 Å². The molecule has 2 rings (SSSR count). The fourth-order valence-corrected chi connectivity index (χ4v) is 1.76. The van der Waals surface area contributed by atoms with Crippen LogP contribution in [0.4, 0.5) is 16.5 Å². The molecule has 2 aromatic rings. The lowest BCUT2D eigenvalue weighted by Crippen LogP contribution is -2.14. The summed E-state index contributed by atoms with van der Waals surface area (Å²) in [5.74, 6) is -0.522. The molecule has 1 amide bonds. The van der Waals surface area contributed by atoms with Crippen LogP contribution in [0.15, 0.2) is 18.2 Å². The molecule has 0 aliphatic carbocycles. The molecule has 19 heavy (non-hydrogen) atoms. The van der Waals surface area contributed by atoms with Gasteiger partial charge in [-0.25, -0.2) is 0 Å². The SMILES string of the molecule is CNc1ccc([N+](=O)[O-])cc1C(=O)Nc1nnns1. The molecule has 98 valence electrons. The number of benzene rings is 1. The molecule has 0 bridgehead atoms. The maximum absolute atomic E-state index is 12.0. The van der Waals surface area contributed by atoms with Crippen molar-refractivity contribution in [3.63, 3.8) is 0 Å². The van der Waals surface area contributed by atoms with Gasteiger partial charge < -0.3 is 5.32 Å². The number of hydrogen-bond acceptors (Lipinski definition) is 8. The third-order valence-electron chi connectivity index (χ3n) is 2.25. The minimum atomic E-state index is -0.567. The molecular formula is C9H8N6O3S. The Bertz CT molecular complexity index is 614. The lowest BCUT2D eigenvalue weighted by Gasteiger charge is -2.07. The van der Waals surface area contributed by atoms with Crippen LogP contribution >= 0.6 is 11.5 Å². The second kappa shape index (κ2) is 5.35. The Morgan fingerprint density at radius 1 is 1.47 bits per heavy atom. The van der Waals surface area contributed by atoms with E-state index in [1.807, 2.05) is 0 Å². The number of carbonyl (C=O) groups is 1. The van der Waals surface area contributed by atoms with E-state index in [-0.39, 0.29) is 16.4 Å². The molecule has 0 fully saturated rings. The molecule has 9 nitrogen and oxygen atoms in total.